The van der Waals surface area contributed by atoms with E-state index in [1.54, 1.807) is 12.3 Å². The van der Waals surface area contributed by atoms with Crippen molar-refractivity contribution in [3.05, 3.63) is 24.0 Å². The number of carbonyl (C=O) groups excluding carboxylic acids is 1. The number of anilines is 1. The Labute approximate surface area is 116 Å². The van der Waals surface area contributed by atoms with E-state index in [1.807, 2.05) is 6.07 Å². The molecule has 1 amide bonds. The molecule has 0 fully saturated rings. The SMILES string of the molecule is CCCNc1ccc(C(=O)NCCCC(C)C)nc1. The monoisotopic (exact) mass is 263 g/mol. The summed E-state index contributed by atoms with van der Waals surface area (Å²) >= 11 is 0. The van der Waals surface area contributed by atoms with Gasteiger partial charge in [0.1, 0.15) is 5.69 Å². The molecule has 0 aliphatic carbocycles. The van der Waals surface area contributed by atoms with Crippen LogP contribution in [0.1, 0.15) is 50.5 Å². The van der Waals surface area contributed by atoms with Gasteiger partial charge in [0.15, 0.2) is 0 Å². The lowest BCUT2D eigenvalue weighted by molar-refractivity contribution is 0.0947. The number of carbonyl (C=O) groups is 1. The van der Waals surface area contributed by atoms with E-state index in [0.29, 0.717) is 18.2 Å². The summed E-state index contributed by atoms with van der Waals surface area (Å²) in [5.41, 5.74) is 1.44. The summed E-state index contributed by atoms with van der Waals surface area (Å²) in [6.07, 6.45) is 4.92. The molecule has 0 spiro atoms. The maximum absolute atomic E-state index is 11.8. The van der Waals surface area contributed by atoms with Crippen LogP contribution in [0.2, 0.25) is 0 Å². The van der Waals surface area contributed by atoms with Gasteiger partial charge in [-0.3, -0.25) is 4.79 Å². The summed E-state index contributed by atoms with van der Waals surface area (Å²) in [5, 5.41) is 6.13. The smallest absolute Gasteiger partial charge is 0.269 e. The molecule has 1 aromatic heterocycles. The van der Waals surface area contributed by atoms with Gasteiger partial charge in [-0.25, -0.2) is 4.98 Å². The van der Waals surface area contributed by atoms with Gasteiger partial charge >= 0.3 is 0 Å². The number of hydrogen-bond acceptors (Lipinski definition) is 3. The molecule has 0 bridgehead atoms. The van der Waals surface area contributed by atoms with Crippen LogP contribution in [0.5, 0.6) is 0 Å². The third kappa shape index (κ3) is 6.22. The molecule has 1 aromatic rings. The third-order valence-corrected chi connectivity index (χ3v) is 2.82. The lowest BCUT2D eigenvalue weighted by Gasteiger charge is -2.07. The van der Waals surface area contributed by atoms with E-state index in [9.17, 15) is 4.79 Å². The quantitative estimate of drug-likeness (QED) is 0.709. The maximum Gasteiger partial charge on any atom is 0.269 e. The lowest BCUT2D eigenvalue weighted by atomic mass is 10.1. The molecule has 1 heterocycles. The van der Waals surface area contributed by atoms with E-state index >= 15 is 0 Å². The summed E-state index contributed by atoms with van der Waals surface area (Å²) < 4.78 is 0. The molecule has 0 saturated carbocycles. The molecule has 2 N–H and O–H groups in total. The zero-order valence-corrected chi connectivity index (χ0v) is 12.2. The van der Waals surface area contributed by atoms with Crippen molar-refractivity contribution in [3.8, 4) is 0 Å². The number of rotatable bonds is 8. The molecule has 4 nitrogen and oxygen atoms in total. The van der Waals surface area contributed by atoms with Crippen molar-refractivity contribution in [2.24, 2.45) is 5.92 Å². The number of pyridine rings is 1. The van der Waals surface area contributed by atoms with Crippen molar-refractivity contribution in [1.29, 1.82) is 0 Å². The Morgan fingerprint density at radius 2 is 2.11 bits per heavy atom. The van der Waals surface area contributed by atoms with Gasteiger partial charge in [0.2, 0.25) is 0 Å². The molecule has 1 rings (SSSR count). The Hall–Kier alpha value is -1.58. The minimum Gasteiger partial charge on any atom is -0.384 e. The number of hydrogen-bond donors (Lipinski definition) is 2. The molecule has 0 aliphatic rings. The van der Waals surface area contributed by atoms with Crippen molar-refractivity contribution in [2.45, 2.75) is 40.0 Å². The second-order valence-corrected chi connectivity index (χ2v) is 5.15. The Morgan fingerprint density at radius 1 is 1.32 bits per heavy atom. The molecule has 19 heavy (non-hydrogen) atoms. The molecule has 106 valence electrons. The molecule has 0 radical (unpaired) electrons. The van der Waals surface area contributed by atoms with E-state index < -0.39 is 0 Å². The predicted octanol–water partition coefficient (Wildman–Crippen LogP) is 3.07. The fraction of sp³-hybridized carbons (Fsp3) is 0.600. The summed E-state index contributed by atoms with van der Waals surface area (Å²) in [6.45, 7) is 8.12. The van der Waals surface area contributed by atoms with Crippen LogP contribution in [0.4, 0.5) is 5.69 Å². The zero-order valence-electron chi connectivity index (χ0n) is 12.2. The molecule has 0 aromatic carbocycles. The Kier molecular flexibility index (Phi) is 6.93. The summed E-state index contributed by atoms with van der Waals surface area (Å²) in [6, 6.07) is 3.65. The van der Waals surface area contributed by atoms with Crippen LogP contribution >= 0.6 is 0 Å². The van der Waals surface area contributed by atoms with E-state index in [0.717, 1.165) is 31.5 Å². The van der Waals surface area contributed by atoms with Gasteiger partial charge in [0, 0.05) is 13.1 Å². The fourth-order valence-electron chi connectivity index (χ4n) is 1.70. The highest BCUT2D eigenvalue weighted by Crippen LogP contribution is 2.06. The second kappa shape index (κ2) is 8.51. The first-order valence-electron chi connectivity index (χ1n) is 7.11. The average molecular weight is 263 g/mol. The van der Waals surface area contributed by atoms with E-state index in [-0.39, 0.29) is 5.91 Å². The standard InChI is InChI=1S/C15H25N3O/c1-4-9-16-13-7-8-14(18-11-13)15(19)17-10-5-6-12(2)3/h7-8,11-12,16H,4-6,9-10H2,1-3H3,(H,17,19). The fourth-order valence-corrected chi connectivity index (χ4v) is 1.70. The molecule has 0 saturated heterocycles. The van der Waals surface area contributed by atoms with E-state index in [1.165, 1.54) is 0 Å². The van der Waals surface area contributed by atoms with Crippen molar-refractivity contribution < 1.29 is 4.79 Å². The summed E-state index contributed by atoms with van der Waals surface area (Å²) in [7, 11) is 0. The Morgan fingerprint density at radius 3 is 2.68 bits per heavy atom. The molecular formula is C15H25N3O. The van der Waals surface area contributed by atoms with Gasteiger partial charge in [-0.05, 0) is 37.3 Å². The van der Waals surface area contributed by atoms with Gasteiger partial charge in [0.25, 0.3) is 5.91 Å². The van der Waals surface area contributed by atoms with Crippen LogP contribution in [-0.2, 0) is 0 Å². The molecule has 0 aliphatic heterocycles. The van der Waals surface area contributed by atoms with Crippen molar-refractivity contribution in [1.82, 2.24) is 10.3 Å². The largest absolute Gasteiger partial charge is 0.384 e. The first kappa shape index (κ1) is 15.5. The van der Waals surface area contributed by atoms with Crippen LogP contribution in [0, 0.1) is 5.92 Å². The van der Waals surface area contributed by atoms with Crippen LogP contribution < -0.4 is 10.6 Å². The number of nitrogens with one attached hydrogen (secondary N) is 2. The van der Waals surface area contributed by atoms with Gasteiger partial charge in [-0.15, -0.1) is 0 Å². The Bertz CT molecular complexity index is 373. The van der Waals surface area contributed by atoms with Gasteiger partial charge < -0.3 is 10.6 Å². The third-order valence-electron chi connectivity index (χ3n) is 2.82. The Balaban J connectivity index is 2.36. The average Bonchev–Trinajstić information content (AvgIpc) is 2.41. The predicted molar refractivity (Wildman–Crippen MR) is 79.4 cm³/mol. The van der Waals surface area contributed by atoms with Crippen LogP contribution in [0.25, 0.3) is 0 Å². The molecule has 4 heteroatoms. The highest BCUT2D eigenvalue weighted by molar-refractivity contribution is 5.92. The topological polar surface area (TPSA) is 54.0 Å². The first-order valence-corrected chi connectivity index (χ1v) is 7.11. The normalized spacial score (nSPS) is 10.5. The molecule has 0 unspecified atom stereocenters. The van der Waals surface area contributed by atoms with Gasteiger partial charge in [-0.2, -0.15) is 0 Å². The van der Waals surface area contributed by atoms with Gasteiger partial charge in [-0.1, -0.05) is 20.8 Å². The van der Waals surface area contributed by atoms with Crippen LogP contribution in [0.15, 0.2) is 18.3 Å². The number of nitrogens with zero attached hydrogens (tertiary/aromatic N) is 1. The molecule has 0 atom stereocenters. The summed E-state index contributed by atoms with van der Waals surface area (Å²) in [4.78, 5) is 16.0. The van der Waals surface area contributed by atoms with Crippen LogP contribution in [-0.4, -0.2) is 24.0 Å². The van der Waals surface area contributed by atoms with Gasteiger partial charge in [0.05, 0.1) is 11.9 Å². The van der Waals surface area contributed by atoms with Crippen molar-refractivity contribution in [3.63, 3.8) is 0 Å². The lowest BCUT2D eigenvalue weighted by Crippen LogP contribution is -2.25. The minimum absolute atomic E-state index is 0.0919. The first-order chi connectivity index (χ1) is 9.13. The zero-order chi connectivity index (χ0) is 14.1. The molecular weight excluding hydrogens is 238 g/mol. The highest BCUT2D eigenvalue weighted by Gasteiger charge is 2.06. The number of amides is 1. The van der Waals surface area contributed by atoms with E-state index in [2.05, 4.69) is 36.4 Å². The summed E-state index contributed by atoms with van der Waals surface area (Å²) in [5.74, 6) is 0.588. The second-order valence-electron chi connectivity index (χ2n) is 5.15. The number of aromatic nitrogens is 1. The minimum atomic E-state index is -0.0919. The van der Waals surface area contributed by atoms with Crippen molar-refractivity contribution >= 4 is 11.6 Å². The maximum atomic E-state index is 11.8. The highest BCUT2D eigenvalue weighted by atomic mass is 16.1. The van der Waals surface area contributed by atoms with Crippen LogP contribution in [0.3, 0.4) is 0 Å². The van der Waals surface area contributed by atoms with Crippen molar-refractivity contribution in [2.75, 3.05) is 18.4 Å². The van der Waals surface area contributed by atoms with E-state index in [4.69, 9.17) is 0 Å².